The number of rotatable bonds is 18. The number of aliphatic hydroxyl groups excluding tert-OH is 3. The lowest BCUT2D eigenvalue weighted by Crippen LogP contribution is -2.30. The first-order valence-corrected chi connectivity index (χ1v) is 13.3. The second-order valence-corrected chi connectivity index (χ2v) is 8.60. The third-order valence-electron chi connectivity index (χ3n) is 5.16. The van der Waals surface area contributed by atoms with Crippen LogP contribution in [0.4, 0.5) is 0 Å². The van der Waals surface area contributed by atoms with E-state index in [0.717, 1.165) is 38.6 Å². The van der Waals surface area contributed by atoms with E-state index in [1.165, 1.54) is 17.1 Å². The molecule has 36 heavy (non-hydrogen) atoms. The average Bonchev–Trinajstić information content (AvgIpc) is 3.19. The number of imide groups is 1. The molecule has 0 aliphatic carbocycles. The molecule has 0 fully saturated rings. The Morgan fingerprint density at radius 3 is 2.03 bits per heavy atom. The van der Waals surface area contributed by atoms with E-state index in [9.17, 15) is 14.4 Å². The Morgan fingerprint density at radius 2 is 1.50 bits per heavy atom. The number of nitrogens with zero attached hydrogens (tertiary/aromatic N) is 1. The van der Waals surface area contributed by atoms with Crippen molar-refractivity contribution in [1.29, 1.82) is 0 Å². The van der Waals surface area contributed by atoms with E-state index < -0.39 is 0 Å². The Balaban J connectivity index is 0. The van der Waals surface area contributed by atoms with Crippen LogP contribution in [-0.2, 0) is 19.1 Å². The lowest BCUT2D eigenvalue weighted by Gasteiger charge is -2.22. The normalized spacial score (nSPS) is 14.2. The number of hydrogen-bond acceptors (Lipinski definition) is 8. The molecule has 0 saturated heterocycles. The molecule has 0 aromatic carbocycles. The molecule has 1 rings (SSSR count). The third kappa shape index (κ3) is 19.4. The van der Waals surface area contributed by atoms with E-state index in [-0.39, 0.29) is 55.7 Å². The molecule has 1 heterocycles. The molecule has 0 spiro atoms. The molecule has 3 amide bonds. The zero-order valence-corrected chi connectivity index (χ0v) is 23.0. The molecule has 2 atom stereocenters. The highest BCUT2D eigenvalue weighted by atomic mass is 16.5. The predicted molar refractivity (Wildman–Crippen MR) is 141 cm³/mol. The largest absolute Gasteiger partial charge is 0.395 e. The van der Waals surface area contributed by atoms with Crippen LogP contribution in [0, 0.1) is 5.92 Å². The molecule has 10 heteroatoms. The number of aliphatic hydroxyl groups is 3. The van der Waals surface area contributed by atoms with Crippen LogP contribution in [0.1, 0.15) is 73.1 Å². The van der Waals surface area contributed by atoms with Crippen molar-refractivity contribution in [3.63, 3.8) is 0 Å². The second kappa shape index (κ2) is 24.8. The molecule has 2 unspecified atom stereocenters. The van der Waals surface area contributed by atoms with Crippen molar-refractivity contribution in [2.45, 2.75) is 85.4 Å². The van der Waals surface area contributed by atoms with E-state index in [1.807, 2.05) is 27.7 Å². The van der Waals surface area contributed by atoms with Gasteiger partial charge in [0.15, 0.2) is 0 Å². The van der Waals surface area contributed by atoms with Gasteiger partial charge in [-0.05, 0) is 45.1 Å². The summed E-state index contributed by atoms with van der Waals surface area (Å²) in [5.41, 5.74) is 0. The van der Waals surface area contributed by atoms with Gasteiger partial charge >= 0.3 is 0 Å². The van der Waals surface area contributed by atoms with Crippen LogP contribution in [0.3, 0.4) is 0 Å². The summed E-state index contributed by atoms with van der Waals surface area (Å²) in [6, 6.07) is 0. The zero-order chi connectivity index (χ0) is 27.8. The van der Waals surface area contributed by atoms with Gasteiger partial charge in [-0.15, -0.1) is 0 Å². The second-order valence-electron chi connectivity index (χ2n) is 8.60. The predicted octanol–water partition coefficient (Wildman–Crippen LogP) is 1.38. The molecule has 5 N–H and O–H groups in total. The molecule has 0 aromatic heterocycles. The van der Waals surface area contributed by atoms with E-state index in [0.29, 0.717) is 26.1 Å². The maximum atomic E-state index is 11.6. The highest BCUT2D eigenvalue weighted by Crippen LogP contribution is 2.08. The molecule has 1 aliphatic heterocycles. The Kier molecular flexibility index (Phi) is 25.0. The quantitative estimate of drug-likeness (QED) is 0.135. The lowest BCUT2D eigenvalue weighted by molar-refractivity contribution is -0.137. The van der Waals surface area contributed by atoms with Gasteiger partial charge in [0, 0.05) is 38.2 Å². The summed E-state index contributed by atoms with van der Waals surface area (Å²) in [6.45, 7) is 12.4. The van der Waals surface area contributed by atoms with Crippen LogP contribution in [-0.4, -0.2) is 96.1 Å². The van der Waals surface area contributed by atoms with Crippen molar-refractivity contribution in [2.75, 3.05) is 46.0 Å². The van der Waals surface area contributed by atoms with Crippen molar-refractivity contribution in [3.8, 4) is 0 Å². The minimum atomic E-state index is -0.249. The summed E-state index contributed by atoms with van der Waals surface area (Å²) in [4.78, 5) is 35.5. The fourth-order valence-corrected chi connectivity index (χ4v) is 3.03. The van der Waals surface area contributed by atoms with Crippen molar-refractivity contribution >= 4 is 17.7 Å². The number of ether oxygens (including phenoxy) is 1. The molecule has 212 valence electrons. The van der Waals surface area contributed by atoms with Gasteiger partial charge in [-0.3, -0.25) is 19.3 Å². The van der Waals surface area contributed by atoms with Crippen molar-refractivity contribution < 1.29 is 34.4 Å². The molecule has 0 saturated carbocycles. The van der Waals surface area contributed by atoms with Gasteiger partial charge in [0.1, 0.15) is 0 Å². The molecule has 0 aromatic rings. The Hall–Kier alpha value is -1.85. The number of unbranched alkanes of at least 4 members (excludes halogenated alkanes) is 3. The van der Waals surface area contributed by atoms with Gasteiger partial charge < -0.3 is 30.7 Å². The first-order chi connectivity index (χ1) is 17.3. The summed E-state index contributed by atoms with van der Waals surface area (Å²) < 4.78 is 5.31. The van der Waals surface area contributed by atoms with Crippen LogP contribution < -0.4 is 10.6 Å². The fourth-order valence-electron chi connectivity index (χ4n) is 3.03. The summed E-state index contributed by atoms with van der Waals surface area (Å²) in [5, 5.41) is 32.0. The van der Waals surface area contributed by atoms with Gasteiger partial charge in [0.05, 0.1) is 32.0 Å². The van der Waals surface area contributed by atoms with Crippen LogP contribution in [0.2, 0.25) is 0 Å². The maximum Gasteiger partial charge on any atom is 0.253 e. The van der Waals surface area contributed by atoms with Gasteiger partial charge in [0.25, 0.3) is 11.8 Å². The minimum Gasteiger partial charge on any atom is -0.395 e. The fraction of sp³-hybridized carbons (Fsp3) is 0.808. The molecular formula is C26H51N3O7. The van der Waals surface area contributed by atoms with E-state index >= 15 is 0 Å². The van der Waals surface area contributed by atoms with Crippen LogP contribution >= 0.6 is 0 Å². The molecule has 10 nitrogen and oxygen atoms in total. The van der Waals surface area contributed by atoms with Crippen molar-refractivity contribution in [1.82, 2.24) is 15.5 Å². The molecular weight excluding hydrogens is 466 g/mol. The standard InChI is InChI=1S/C16H27N3O4.C8H18O3.C2H6/c20-13-11-17-9-3-4-10-18-14(21)6-2-1-5-12-19-15(22)7-8-16(19)23;1-6(2)8(5-10)11-7(3)4-9;1-2/h7-8,17,20H,1-6,9-13H2,(H,18,21);6-10H,4-5H2,1-3H3;1-2H3. The van der Waals surface area contributed by atoms with E-state index in [1.54, 1.807) is 6.92 Å². The number of amides is 3. The first-order valence-electron chi connectivity index (χ1n) is 13.3. The summed E-state index contributed by atoms with van der Waals surface area (Å²) in [5.74, 6) is -0.167. The summed E-state index contributed by atoms with van der Waals surface area (Å²) in [7, 11) is 0. The Bertz CT molecular complexity index is 582. The van der Waals surface area contributed by atoms with Crippen molar-refractivity contribution in [2.24, 2.45) is 5.92 Å². The highest BCUT2D eigenvalue weighted by Gasteiger charge is 2.22. The van der Waals surface area contributed by atoms with Crippen LogP contribution in [0.5, 0.6) is 0 Å². The summed E-state index contributed by atoms with van der Waals surface area (Å²) >= 11 is 0. The average molecular weight is 518 g/mol. The minimum absolute atomic E-state index is 0.00319. The van der Waals surface area contributed by atoms with Gasteiger partial charge in [-0.2, -0.15) is 0 Å². The van der Waals surface area contributed by atoms with E-state index in [2.05, 4.69) is 10.6 Å². The third-order valence-corrected chi connectivity index (χ3v) is 5.16. The van der Waals surface area contributed by atoms with Crippen molar-refractivity contribution in [3.05, 3.63) is 12.2 Å². The molecule has 0 bridgehead atoms. The Morgan fingerprint density at radius 1 is 0.889 bits per heavy atom. The topological polar surface area (TPSA) is 148 Å². The van der Waals surface area contributed by atoms with Crippen LogP contribution in [0.25, 0.3) is 0 Å². The van der Waals surface area contributed by atoms with Crippen LogP contribution in [0.15, 0.2) is 12.2 Å². The summed E-state index contributed by atoms with van der Waals surface area (Å²) in [6.07, 6.45) is 6.88. The number of hydrogen-bond donors (Lipinski definition) is 5. The number of carbonyl (C=O) groups is 3. The monoisotopic (exact) mass is 517 g/mol. The molecule has 1 aliphatic rings. The molecule has 0 radical (unpaired) electrons. The van der Waals surface area contributed by atoms with Gasteiger partial charge in [-0.1, -0.05) is 34.1 Å². The Labute approximate surface area is 217 Å². The lowest BCUT2D eigenvalue weighted by atomic mass is 10.1. The van der Waals surface area contributed by atoms with E-state index in [4.69, 9.17) is 20.1 Å². The zero-order valence-electron chi connectivity index (χ0n) is 23.0. The number of nitrogens with one attached hydrogen (secondary N) is 2. The first kappa shape index (κ1) is 36.3. The van der Waals surface area contributed by atoms with Gasteiger partial charge in [0.2, 0.25) is 5.91 Å². The SMILES string of the molecule is CC.CC(CO)OC(CO)C(C)C.O=C(CCCCCN1C(=O)C=CC1=O)NCCCCNCCO. The highest BCUT2D eigenvalue weighted by molar-refractivity contribution is 6.12. The smallest absolute Gasteiger partial charge is 0.253 e. The maximum absolute atomic E-state index is 11.6. The van der Waals surface area contributed by atoms with Gasteiger partial charge in [-0.25, -0.2) is 0 Å². The number of carbonyl (C=O) groups excluding carboxylic acids is 3.